The molecule has 1 fully saturated rings. The highest BCUT2D eigenvalue weighted by Crippen LogP contribution is 2.30. The van der Waals surface area contributed by atoms with Gasteiger partial charge in [0.25, 0.3) is 5.91 Å². The lowest BCUT2D eigenvalue weighted by Crippen LogP contribution is -2.46. The molecule has 1 aliphatic rings. The molecule has 122 valence electrons. The molecule has 0 bridgehead atoms. The van der Waals surface area contributed by atoms with Crippen LogP contribution >= 0.6 is 11.5 Å². The summed E-state index contributed by atoms with van der Waals surface area (Å²) in [5, 5.41) is 3.89. The molecule has 0 spiro atoms. The maximum atomic E-state index is 13.0. The van der Waals surface area contributed by atoms with E-state index in [9.17, 15) is 4.79 Å². The minimum Gasteiger partial charge on any atom is -0.378 e. The van der Waals surface area contributed by atoms with Crippen molar-refractivity contribution >= 4 is 22.4 Å². The molecule has 1 saturated heterocycles. The lowest BCUT2D eigenvalue weighted by atomic mass is 10.1. The molecule has 2 aromatic rings. The molecule has 0 aliphatic carbocycles. The highest BCUT2D eigenvalue weighted by molar-refractivity contribution is 7.10. The van der Waals surface area contributed by atoms with Gasteiger partial charge in [-0.1, -0.05) is 30.3 Å². The monoisotopic (exact) mass is 331 g/mol. The second-order valence-electron chi connectivity index (χ2n) is 5.78. The molecular formula is C17H21N3O2S. The predicted molar refractivity (Wildman–Crippen MR) is 92.0 cm³/mol. The Hall–Kier alpha value is -1.92. The number of carbonyl (C=O) groups excluding carboxylic acids is 1. The zero-order valence-corrected chi connectivity index (χ0v) is 14.4. The number of benzene rings is 1. The van der Waals surface area contributed by atoms with E-state index in [-0.39, 0.29) is 18.1 Å². The van der Waals surface area contributed by atoms with Gasteiger partial charge in [0.1, 0.15) is 11.1 Å². The minimum absolute atomic E-state index is 0.00263. The lowest BCUT2D eigenvalue weighted by Gasteiger charge is -2.37. The molecule has 5 nitrogen and oxygen atoms in total. The summed E-state index contributed by atoms with van der Waals surface area (Å²) < 4.78 is 10.3. The average molecular weight is 331 g/mol. The van der Waals surface area contributed by atoms with Gasteiger partial charge in [0, 0.05) is 13.6 Å². The molecule has 1 amide bonds. The van der Waals surface area contributed by atoms with Crippen molar-refractivity contribution in [3.63, 3.8) is 0 Å². The number of aromatic nitrogens is 1. The van der Waals surface area contributed by atoms with Crippen LogP contribution in [-0.4, -0.2) is 41.4 Å². The van der Waals surface area contributed by atoms with Gasteiger partial charge in [-0.2, -0.15) is 4.37 Å². The number of ether oxygens (including phenoxy) is 1. The van der Waals surface area contributed by atoms with E-state index in [1.807, 2.05) is 56.1 Å². The summed E-state index contributed by atoms with van der Waals surface area (Å²) in [5.74, 6) is 0.0247. The molecule has 2 heterocycles. The summed E-state index contributed by atoms with van der Waals surface area (Å²) in [5.41, 5.74) is 2.56. The van der Waals surface area contributed by atoms with Crippen molar-refractivity contribution < 1.29 is 9.53 Å². The van der Waals surface area contributed by atoms with Crippen molar-refractivity contribution in [2.24, 2.45) is 0 Å². The number of hydrogen-bond donors (Lipinski definition) is 1. The van der Waals surface area contributed by atoms with Crippen molar-refractivity contribution in [2.75, 3.05) is 25.5 Å². The summed E-state index contributed by atoms with van der Waals surface area (Å²) in [7, 11) is 1.82. The smallest absolute Gasteiger partial charge is 0.258 e. The summed E-state index contributed by atoms with van der Waals surface area (Å²) in [6.45, 7) is 5.04. The SMILES string of the molecule is CNc1snc(C)c1C(=O)N1C[C@H](C)O[C@@H](c2ccccc2)C1. The topological polar surface area (TPSA) is 54.5 Å². The van der Waals surface area contributed by atoms with Gasteiger partial charge in [-0.25, -0.2) is 0 Å². The molecule has 2 atom stereocenters. The maximum Gasteiger partial charge on any atom is 0.258 e. The maximum absolute atomic E-state index is 13.0. The van der Waals surface area contributed by atoms with E-state index in [1.165, 1.54) is 11.5 Å². The van der Waals surface area contributed by atoms with Gasteiger partial charge in [-0.15, -0.1) is 0 Å². The lowest BCUT2D eigenvalue weighted by molar-refractivity contribution is -0.0691. The number of morpholine rings is 1. The van der Waals surface area contributed by atoms with Gasteiger partial charge < -0.3 is 15.0 Å². The summed E-state index contributed by atoms with van der Waals surface area (Å²) in [4.78, 5) is 14.9. The molecule has 1 N–H and O–H groups in total. The Balaban J connectivity index is 1.84. The van der Waals surface area contributed by atoms with E-state index in [1.54, 1.807) is 0 Å². The van der Waals surface area contributed by atoms with Gasteiger partial charge in [0.2, 0.25) is 0 Å². The molecule has 1 aromatic carbocycles. The first-order valence-corrected chi connectivity index (χ1v) is 8.51. The van der Waals surface area contributed by atoms with Gasteiger partial charge in [-0.05, 0) is 30.9 Å². The molecular weight excluding hydrogens is 310 g/mol. The Bertz CT molecular complexity index is 686. The Morgan fingerprint density at radius 3 is 2.78 bits per heavy atom. The Kier molecular flexibility index (Phi) is 4.63. The third kappa shape index (κ3) is 3.23. The number of amides is 1. The van der Waals surface area contributed by atoms with Crippen LogP contribution < -0.4 is 5.32 Å². The molecule has 0 unspecified atom stereocenters. The fourth-order valence-corrected chi connectivity index (χ4v) is 3.66. The first kappa shape index (κ1) is 16.0. The number of nitrogens with one attached hydrogen (secondary N) is 1. The van der Waals surface area contributed by atoms with E-state index in [2.05, 4.69) is 9.69 Å². The number of rotatable bonds is 3. The fraction of sp³-hybridized carbons (Fsp3) is 0.412. The van der Waals surface area contributed by atoms with Crippen molar-refractivity contribution in [3.8, 4) is 0 Å². The van der Waals surface area contributed by atoms with Crippen LogP contribution in [0.2, 0.25) is 0 Å². The molecule has 3 rings (SSSR count). The molecule has 0 saturated carbocycles. The van der Waals surface area contributed by atoms with Crippen LogP contribution in [-0.2, 0) is 4.74 Å². The number of nitrogens with zero attached hydrogens (tertiary/aromatic N) is 2. The normalized spacial score (nSPS) is 21.3. The zero-order valence-electron chi connectivity index (χ0n) is 13.6. The van der Waals surface area contributed by atoms with Gasteiger partial charge in [0.15, 0.2) is 0 Å². The van der Waals surface area contributed by atoms with Gasteiger partial charge >= 0.3 is 0 Å². The number of hydrogen-bond acceptors (Lipinski definition) is 5. The highest BCUT2D eigenvalue weighted by Gasteiger charge is 2.32. The van der Waals surface area contributed by atoms with E-state index >= 15 is 0 Å². The standard InChI is InChI=1S/C17H21N3O2S/c1-11-9-20(10-14(22-11)13-7-5-4-6-8-13)17(21)15-12(2)19-23-16(15)18-3/h4-8,11,14,18H,9-10H2,1-3H3/t11-,14+/m0/s1. The number of aryl methyl sites for hydroxylation is 1. The van der Waals surface area contributed by atoms with E-state index < -0.39 is 0 Å². The van der Waals surface area contributed by atoms with Crippen LogP contribution in [0.5, 0.6) is 0 Å². The van der Waals surface area contributed by atoms with Crippen molar-refractivity contribution in [1.29, 1.82) is 0 Å². The fourth-order valence-electron chi connectivity index (χ4n) is 2.92. The number of anilines is 1. The third-order valence-electron chi connectivity index (χ3n) is 4.02. The second kappa shape index (κ2) is 6.68. The minimum atomic E-state index is -0.0890. The average Bonchev–Trinajstić information content (AvgIpc) is 2.95. The van der Waals surface area contributed by atoms with Crippen LogP contribution in [0.25, 0.3) is 0 Å². The van der Waals surface area contributed by atoms with E-state index in [0.717, 1.165) is 16.3 Å². The van der Waals surface area contributed by atoms with Crippen molar-refractivity contribution in [3.05, 3.63) is 47.2 Å². The third-order valence-corrected chi connectivity index (χ3v) is 4.98. The Morgan fingerprint density at radius 2 is 2.09 bits per heavy atom. The first-order valence-electron chi connectivity index (χ1n) is 7.74. The highest BCUT2D eigenvalue weighted by atomic mass is 32.1. The van der Waals surface area contributed by atoms with Gasteiger partial charge in [0.05, 0.1) is 23.9 Å². The summed E-state index contributed by atoms with van der Waals surface area (Å²) in [6.07, 6.45) is -0.0864. The van der Waals surface area contributed by atoms with Crippen LogP contribution in [0.3, 0.4) is 0 Å². The summed E-state index contributed by atoms with van der Waals surface area (Å²) >= 11 is 1.33. The van der Waals surface area contributed by atoms with Gasteiger partial charge in [-0.3, -0.25) is 4.79 Å². The molecule has 1 aromatic heterocycles. The van der Waals surface area contributed by atoms with E-state index in [4.69, 9.17) is 4.74 Å². The largest absolute Gasteiger partial charge is 0.378 e. The van der Waals surface area contributed by atoms with E-state index in [0.29, 0.717) is 18.7 Å². The number of carbonyl (C=O) groups is 1. The Morgan fingerprint density at radius 1 is 1.35 bits per heavy atom. The van der Waals surface area contributed by atoms with Crippen LogP contribution in [0.4, 0.5) is 5.00 Å². The second-order valence-corrected chi connectivity index (χ2v) is 6.55. The molecule has 6 heteroatoms. The van der Waals surface area contributed by atoms with Crippen molar-refractivity contribution in [2.45, 2.75) is 26.1 Å². The predicted octanol–water partition coefficient (Wildman–Crippen LogP) is 3.10. The molecule has 0 radical (unpaired) electrons. The van der Waals surface area contributed by atoms with Crippen LogP contribution in [0, 0.1) is 6.92 Å². The summed E-state index contributed by atoms with van der Waals surface area (Å²) in [6, 6.07) is 10.1. The Labute approximate surface area is 140 Å². The quantitative estimate of drug-likeness (QED) is 0.939. The first-order chi connectivity index (χ1) is 11.1. The van der Waals surface area contributed by atoms with Crippen molar-refractivity contribution in [1.82, 2.24) is 9.27 Å². The molecule has 1 aliphatic heterocycles. The zero-order chi connectivity index (χ0) is 16.4. The molecule has 23 heavy (non-hydrogen) atoms. The van der Waals surface area contributed by atoms with Crippen LogP contribution in [0.1, 0.15) is 34.6 Å². The van der Waals surface area contributed by atoms with Crippen LogP contribution in [0.15, 0.2) is 30.3 Å².